The van der Waals surface area contributed by atoms with Crippen LogP contribution < -0.4 is 10.6 Å². The normalized spacial score (nSPS) is 11.2. The fourth-order valence-electron chi connectivity index (χ4n) is 2.55. The van der Waals surface area contributed by atoms with Crippen LogP contribution in [0.15, 0.2) is 53.4 Å². The highest BCUT2D eigenvalue weighted by atomic mass is 32.2. The number of rotatable bonds is 8. The molecule has 0 aromatic heterocycles. The Hall–Kier alpha value is -2.91. The lowest BCUT2D eigenvalue weighted by Crippen LogP contribution is -2.33. The number of phenols is 1. The first kappa shape index (κ1) is 21.4. The zero-order valence-corrected chi connectivity index (χ0v) is 16.5. The van der Waals surface area contributed by atoms with Crippen LogP contribution in [0.2, 0.25) is 0 Å². The van der Waals surface area contributed by atoms with Crippen molar-refractivity contribution in [2.24, 2.45) is 0 Å². The van der Waals surface area contributed by atoms with Gasteiger partial charge in [0.1, 0.15) is 5.75 Å². The molecule has 150 valence electrons. The molecule has 0 radical (unpaired) electrons. The van der Waals surface area contributed by atoms with E-state index in [-0.39, 0.29) is 28.4 Å². The molecule has 9 heteroatoms. The van der Waals surface area contributed by atoms with Crippen LogP contribution in [0.25, 0.3) is 0 Å². The highest BCUT2D eigenvalue weighted by Gasteiger charge is 2.22. The molecule has 2 rings (SSSR count). The van der Waals surface area contributed by atoms with Crippen molar-refractivity contribution >= 4 is 27.5 Å². The van der Waals surface area contributed by atoms with Crippen LogP contribution in [-0.4, -0.2) is 49.3 Å². The Kier molecular flexibility index (Phi) is 7.13. The van der Waals surface area contributed by atoms with E-state index in [2.05, 4.69) is 10.6 Å². The summed E-state index contributed by atoms with van der Waals surface area (Å²) in [7, 11) is -3.69. The number of nitrogens with one attached hydrogen (secondary N) is 2. The molecule has 0 aliphatic rings. The number of sulfonamides is 1. The predicted octanol–water partition coefficient (Wildman–Crippen LogP) is 1.79. The molecule has 0 unspecified atom stereocenters. The van der Waals surface area contributed by atoms with Crippen LogP contribution in [0.5, 0.6) is 5.75 Å². The maximum absolute atomic E-state index is 12.6. The van der Waals surface area contributed by atoms with E-state index in [0.717, 1.165) is 0 Å². The van der Waals surface area contributed by atoms with Crippen molar-refractivity contribution in [3.05, 3.63) is 54.1 Å². The third kappa shape index (κ3) is 5.08. The van der Waals surface area contributed by atoms with E-state index in [0.29, 0.717) is 13.1 Å². The lowest BCUT2D eigenvalue weighted by molar-refractivity contribution is -0.115. The van der Waals surface area contributed by atoms with E-state index >= 15 is 0 Å². The smallest absolute Gasteiger partial charge is 0.251 e. The molecule has 0 saturated heterocycles. The van der Waals surface area contributed by atoms with Gasteiger partial charge in [-0.2, -0.15) is 4.31 Å². The quantitative estimate of drug-likeness (QED) is 0.579. The van der Waals surface area contributed by atoms with E-state index in [1.807, 2.05) is 0 Å². The third-order valence-corrected chi connectivity index (χ3v) is 6.07. The predicted molar refractivity (Wildman–Crippen MR) is 106 cm³/mol. The summed E-state index contributed by atoms with van der Waals surface area (Å²) in [5.41, 5.74) is 0.359. The van der Waals surface area contributed by atoms with Crippen LogP contribution in [0.4, 0.5) is 5.69 Å². The minimum Gasteiger partial charge on any atom is -0.506 e. The average molecular weight is 405 g/mol. The van der Waals surface area contributed by atoms with Gasteiger partial charge in [-0.15, -0.1) is 0 Å². The molecule has 0 saturated carbocycles. The van der Waals surface area contributed by atoms with Gasteiger partial charge in [-0.05, 0) is 30.3 Å². The highest BCUT2D eigenvalue weighted by molar-refractivity contribution is 7.89. The molecular formula is C19H23N3O5S. The molecule has 0 aliphatic carbocycles. The average Bonchev–Trinajstić information content (AvgIpc) is 2.68. The number of nitrogens with zero attached hydrogens (tertiary/aromatic N) is 1. The number of hydrogen-bond donors (Lipinski definition) is 3. The number of amides is 2. The summed E-state index contributed by atoms with van der Waals surface area (Å²) in [6.45, 7) is 3.78. The monoisotopic (exact) mass is 405 g/mol. The van der Waals surface area contributed by atoms with E-state index < -0.39 is 21.8 Å². The van der Waals surface area contributed by atoms with E-state index in [4.69, 9.17) is 0 Å². The number of phenolic OH excluding ortho intramolecular Hbond substituents is 1. The van der Waals surface area contributed by atoms with Crippen molar-refractivity contribution in [1.82, 2.24) is 9.62 Å². The van der Waals surface area contributed by atoms with Gasteiger partial charge in [-0.25, -0.2) is 8.42 Å². The molecular weight excluding hydrogens is 382 g/mol. The van der Waals surface area contributed by atoms with E-state index in [1.165, 1.54) is 40.7 Å². The Labute approximate surface area is 164 Å². The third-order valence-electron chi connectivity index (χ3n) is 4.03. The topological polar surface area (TPSA) is 116 Å². The summed E-state index contributed by atoms with van der Waals surface area (Å²) >= 11 is 0. The SMILES string of the molecule is CCN(CC)S(=O)(=O)c1cccc(C(=O)NCC(=O)Nc2ccccc2O)c1. The molecule has 28 heavy (non-hydrogen) atoms. The van der Waals surface area contributed by atoms with Gasteiger partial charge in [0.25, 0.3) is 5.91 Å². The fraction of sp³-hybridized carbons (Fsp3) is 0.263. The van der Waals surface area contributed by atoms with Gasteiger partial charge >= 0.3 is 0 Å². The Morgan fingerprint density at radius 2 is 1.71 bits per heavy atom. The number of para-hydroxylation sites is 2. The second-order valence-corrected chi connectivity index (χ2v) is 7.80. The minimum absolute atomic E-state index is 0.0162. The van der Waals surface area contributed by atoms with E-state index in [1.54, 1.807) is 26.0 Å². The van der Waals surface area contributed by atoms with Crippen LogP contribution in [-0.2, 0) is 14.8 Å². The highest BCUT2D eigenvalue weighted by Crippen LogP contribution is 2.21. The van der Waals surface area contributed by atoms with Gasteiger partial charge < -0.3 is 15.7 Å². The molecule has 0 atom stereocenters. The van der Waals surface area contributed by atoms with Gasteiger partial charge in [0.2, 0.25) is 15.9 Å². The second kappa shape index (κ2) is 9.34. The zero-order valence-electron chi connectivity index (χ0n) is 15.7. The van der Waals surface area contributed by atoms with Crippen LogP contribution in [0.1, 0.15) is 24.2 Å². The molecule has 2 amide bonds. The molecule has 3 N–H and O–H groups in total. The van der Waals surface area contributed by atoms with Gasteiger partial charge in [0.15, 0.2) is 0 Å². The van der Waals surface area contributed by atoms with Crippen molar-refractivity contribution in [3.63, 3.8) is 0 Å². The van der Waals surface area contributed by atoms with Crippen LogP contribution in [0.3, 0.4) is 0 Å². The maximum atomic E-state index is 12.6. The first-order valence-electron chi connectivity index (χ1n) is 8.75. The van der Waals surface area contributed by atoms with Crippen molar-refractivity contribution in [1.29, 1.82) is 0 Å². The number of carbonyl (C=O) groups is 2. The number of anilines is 1. The standard InChI is InChI=1S/C19H23N3O5S/c1-3-22(4-2)28(26,27)15-9-7-8-14(12-15)19(25)20-13-18(24)21-16-10-5-6-11-17(16)23/h5-12,23H,3-4,13H2,1-2H3,(H,20,25)(H,21,24). The van der Waals surface area contributed by atoms with E-state index in [9.17, 15) is 23.1 Å². The van der Waals surface area contributed by atoms with Crippen LogP contribution in [0, 0.1) is 0 Å². The lowest BCUT2D eigenvalue weighted by atomic mass is 10.2. The number of aromatic hydroxyl groups is 1. The summed E-state index contributed by atoms with van der Waals surface area (Å²) in [6.07, 6.45) is 0. The van der Waals surface area contributed by atoms with Gasteiger partial charge in [-0.1, -0.05) is 32.0 Å². The molecule has 8 nitrogen and oxygen atoms in total. The summed E-state index contributed by atoms with van der Waals surface area (Å²) in [5.74, 6) is -1.19. The molecule has 0 bridgehead atoms. The lowest BCUT2D eigenvalue weighted by Gasteiger charge is -2.18. The summed E-state index contributed by atoms with van der Waals surface area (Å²) in [5, 5.41) is 14.6. The number of carbonyl (C=O) groups excluding carboxylic acids is 2. The first-order valence-corrected chi connectivity index (χ1v) is 10.2. The molecule has 0 heterocycles. The summed E-state index contributed by atoms with van der Waals surface area (Å²) in [4.78, 5) is 24.3. The molecule has 2 aromatic carbocycles. The maximum Gasteiger partial charge on any atom is 0.251 e. The van der Waals surface area contributed by atoms with Gasteiger partial charge in [0, 0.05) is 18.7 Å². The van der Waals surface area contributed by atoms with Crippen LogP contribution >= 0.6 is 0 Å². The minimum atomic E-state index is -3.69. The van der Waals surface area contributed by atoms with Crippen molar-refractivity contribution in [3.8, 4) is 5.75 Å². The molecule has 2 aromatic rings. The summed E-state index contributed by atoms with van der Waals surface area (Å²) in [6, 6.07) is 11.9. The van der Waals surface area contributed by atoms with Gasteiger partial charge in [0.05, 0.1) is 17.1 Å². The van der Waals surface area contributed by atoms with Crippen molar-refractivity contribution < 1.29 is 23.1 Å². The summed E-state index contributed by atoms with van der Waals surface area (Å²) < 4.78 is 26.4. The zero-order chi connectivity index (χ0) is 20.7. The Bertz CT molecular complexity index is 956. The van der Waals surface area contributed by atoms with Crippen molar-refractivity contribution in [2.75, 3.05) is 25.0 Å². The molecule has 0 aliphatic heterocycles. The van der Waals surface area contributed by atoms with Crippen molar-refractivity contribution in [2.45, 2.75) is 18.7 Å². The Balaban J connectivity index is 2.05. The first-order chi connectivity index (χ1) is 13.3. The second-order valence-electron chi connectivity index (χ2n) is 5.87. The van der Waals surface area contributed by atoms with Gasteiger partial charge in [-0.3, -0.25) is 9.59 Å². The Morgan fingerprint density at radius 3 is 2.36 bits per heavy atom. The molecule has 0 fully saturated rings. The largest absolute Gasteiger partial charge is 0.506 e. The molecule has 0 spiro atoms. The Morgan fingerprint density at radius 1 is 1.04 bits per heavy atom. The number of hydrogen-bond acceptors (Lipinski definition) is 5. The fourth-order valence-corrected chi connectivity index (χ4v) is 4.05. The number of benzene rings is 2.